The number of hydrogen-bond acceptors (Lipinski definition) is 7. The lowest BCUT2D eigenvalue weighted by atomic mass is 9.96. The summed E-state index contributed by atoms with van der Waals surface area (Å²) in [5, 5.41) is 12.7. The van der Waals surface area contributed by atoms with Crippen LogP contribution in [-0.4, -0.2) is 73.4 Å². The first-order chi connectivity index (χ1) is 19.8. The lowest BCUT2D eigenvalue weighted by molar-refractivity contribution is -0.265. The topological polar surface area (TPSA) is 110 Å². The Morgan fingerprint density at radius 1 is 1.10 bits per heavy atom. The molecule has 42 heavy (non-hydrogen) atoms. The van der Waals surface area contributed by atoms with Gasteiger partial charge in [0.1, 0.15) is 17.3 Å². The van der Waals surface area contributed by atoms with Crippen molar-refractivity contribution < 1.29 is 46.5 Å². The summed E-state index contributed by atoms with van der Waals surface area (Å²) in [5.74, 6) is -1.64. The number of methoxy groups -OCH3 is 2. The number of carbonyl (C=O) groups is 2. The molecule has 0 saturated carbocycles. The van der Waals surface area contributed by atoms with Gasteiger partial charge in [-0.15, -0.1) is 0 Å². The third kappa shape index (κ3) is 6.07. The van der Waals surface area contributed by atoms with Gasteiger partial charge in [0, 0.05) is 31.1 Å². The monoisotopic (exact) mass is 611 g/mol. The Balaban J connectivity index is 1.59. The highest BCUT2D eigenvalue weighted by molar-refractivity contribution is 6.31. The molecule has 1 saturated heterocycles. The number of alkyl halides is 3. The number of halogens is 5. The smallest absolute Gasteiger partial charge is 0.424 e. The first kappa shape index (κ1) is 30.8. The van der Waals surface area contributed by atoms with Crippen LogP contribution in [0.2, 0.25) is 5.02 Å². The van der Waals surface area contributed by atoms with Gasteiger partial charge in [0.15, 0.2) is 17.6 Å². The van der Waals surface area contributed by atoms with Gasteiger partial charge in [-0.1, -0.05) is 11.6 Å². The molecule has 1 aromatic heterocycles. The summed E-state index contributed by atoms with van der Waals surface area (Å²) in [7, 11) is 4.20. The molecule has 9 nitrogen and oxygen atoms in total. The second kappa shape index (κ2) is 12.0. The van der Waals surface area contributed by atoms with Gasteiger partial charge in [0.2, 0.25) is 5.60 Å². The van der Waals surface area contributed by atoms with E-state index < -0.39 is 41.8 Å². The standard InChI is InChI=1S/C28H26ClF4N3O6/c1-36-11-10-21(26(36)38)42-19-7-5-16(13-22(19)41-3)25(37)34-14-27(39,28(31,32)33)23-9-8-20(40-2)24(35-23)15-4-6-18(30)17(29)12-15/h4-9,12-13,21,39H,10-11,14H2,1-3H3,(H,34,37). The lowest BCUT2D eigenvalue weighted by Crippen LogP contribution is -2.51. The SMILES string of the molecule is COc1cc(C(=O)NCC(O)(c2ccc(OC)c(-c3ccc(F)c(Cl)c3)n2)C(F)(F)F)ccc1OC1CCN(C)C1=O. The van der Waals surface area contributed by atoms with Gasteiger partial charge in [-0.2, -0.15) is 13.2 Å². The number of pyridine rings is 1. The van der Waals surface area contributed by atoms with Gasteiger partial charge < -0.3 is 29.5 Å². The van der Waals surface area contributed by atoms with Crippen molar-refractivity contribution in [2.75, 3.05) is 34.4 Å². The maximum absolute atomic E-state index is 14.3. The van der Waals surface area contributed by atoms with Gasteiger partial charge in [0.05, 0.1) is 31.5 Å². The molecule has 14 heteroatoms. The minimum atomic E-state index is -5.28. The minimum absolute atomic E-state index is 0.0373. The average Bonchev–Trinajstić information content (AvgIpc) is 3.28. The third-order valence-corrected chi connectivity index (χ3v) is 7.03. The summed E-state index contributed by atoms with van der Waals surface area (Å²) in [6.07, 6.45) is -5.57. The Morgan fingerprint density at radius 3 is 2.38 bits per heavy atom. The first-order valence-corrected chi connectivity index (χ1v) is 12.8. The van der Waals surface area contributed by atoms with Crippen molar-refractivity contribution in [1.29, 1.82) is 0 Å². The van der Waals surface area contributed by atoms with Crippen molar-refractivity contribution >= 4 is 23.4 Å². The second-order valence-corrected chi connectivity index (χ2v) is 9.84. The zero-order valence-corrected chi connectivity index (χ0v) is 23.3. The fourth-order valence-corrected chi connectivity index (χ4v) is 4.48. The molecule has 1 aliphatic heterocycles. The van der Waals surface area contributed by atoms with Gasteiger partial charge in [0.25, 0.3) is 11.8 Å². The Morgan fingerprint density at radius 2 is 1.79 bits per heavy atom. The summed E-state index contributed by atoms with van der Waals surface area (Å²) in [5.41, 5.74) is -4.58. The Kier molecular flexibility index (Phi) is 8.83. The number of nitrogens with zero attached hydrogens (tertiary/aromatic N) is 2. The number of carbonyl (C=O) groups excluding carboxylic acids is 2. The number of likely N-dealkylation sites (N-methyl/N-ethyl adjacent to an activating group) is 1. The van der Waals surface area contributed by atoms with E-state index >= 15 is 0 Å². The van der Waals surface area contributed by atoms with Crippen LogP contribution in [0.5, 0.6) is 17.2 Å². The zero-order valence-electron chi connectivity index (χ0n) is 22.6. The van der Waals surface area contributed by atoms with Gasteiger partial charge in [-0.3, -0.25) is 9.59 Å². The van der Waals surface area contributed by atoms with Crippen LogP contribution in [0.3, 0.4) is 0 Å². The quantitative estimate of drug-likeness (QED) is 0.346. The summed E-state index contributed by atoms with van der Waals surface area (Å²) in [6, 6.07) is 9.35. The number of amides is 2. The van der Waals surface area contributed by atoms with Crippen LogP contribution in [0, 0.1) is 5.82 Å². The van der Waals surface area contributed by atoms with Crippen LogP contribution in [0.4, 0.5) is 17.6 Å². The van der Waals surface area contributed by atoms with E-state index in [1.807, 2.05) is 0 Å². The molecule has 2 atom stereocenters. The van der Waals surface area contributed by atoms with E-state index in [0.29, 0.717) is 13.0 Å². The lowest BCUT2D eigenvalue weighted by Gasteiger charge is -2.30. The zero-order chi connectivity index (χ0) is 30.8. The summed E-state index contributed by atoms with van der Waals surface area (Å²) >= 11 is 5.84. The van der Waals surface area contributed by atoms with E-state index in [1.54, 1.807) is 7.05 Å². The molecule has 1 fully saturated rings. The number of hydrogen-bond donors (Lipinski definition) is 2. The Hall–Kier alpha value is -4.10. The van der Waals surface area contributed by atoms with Gasteiger partial charge in [-0.25, -0.2) is 9.37 Å². The highest BCUT2D eigenvalue weighted by Crippen LogP contribution is 2.40. The normalized spacial score (nSPS) is 16.6. The number of aliphatic hydroxyl groups is 1. The van der Waals surface area contributed by atoms with Crippen LogP contribution in [0.15, 0.2) is 48.5 Å². The molecule has 1 aliphatic rings. The van der Waals surface area contributed by atoms with Crippen molar-refractivity contribution in [3.63, 3.8) is 0 Å². The molecular weight excluding hydrogens is 586 g/mol. The highest BCUT2D eigenvalue weighted by atomic mass is 35.5. The van der Waals surface area contributed by atoms with Gasteiger partial charge in [-0.05, 0) is 48.5 Å². The summed E-state index contributed by atoms with van der Waals surface area (Å²) in [4.78, 5) is 30.6. The van der Waals surface area contributed by atoms with Crippen molar-refractivity contribution in [2.24, 2.45) is 0 Å². The molecular formula is C28H26ClF4N3O6. The molecule has 0 radical (unpaired) electrons. The largest absolute Gasteiger partial charge is 0.494 e. The Bertz CT molecular complexity index is 1500. The highest BCUT2D eigenvalue weighted by Gasteiger charge is 2.56. The third-order valence-electron chi connectivity index (χ3n) is 6.74. The fourth-order valence-electron chi connectivity index (χ4n) is 4.30. The van der Waals surface area contributed by atoms with E-state index in [2.05, 4.69) is 10.3 Å². The van der Waals surface area contributed by atoms with Crippen LogP contribution < -0.4 is 19.5 Å². The van der Waals surface area contributed by atoms with Crippen LogP contribution in [0.1, 0.15) is 22.5 Å². The second-order valence-electron chi connectivity index (χ2n) is 9.44. The van der Waals surface area contributed by atoms with E-state index in [1.165, 1.54) is 43.4 Å². The molecule has 2 aromatic carbocycles. The number of rotatable bonds is 9. The number of ether oxygens (including phenoxy) is 3. The summed E-state index contributed by atoms with van der Waals surface area (Å²) < 4.78 is 72.7. The maximum Gasteiger partial charge on any atom is 0.424 e. The van der Waals surface area contributed by atoms with Crippen LogP contribution >= 0.6 is 11.6 Å². The average molecular weight is 612 g/mol. The molecule has 0 spiro atoms. The number of aromatic nitrogens is 1. The molecule has 224 valence electrons. The van der Waals surface area contributed by atoms with Crippen molar-refractivity contribution in [3.05, 3.63) is 70.6 Å². The molecule has 0 bridgehead atoms. The van der Waals surface area contributed by atoms with Crippen LogP contribution in [-0.2, 0) is 10.4 Å². The predicted octanol–water partition coefficient (Wildman–Crippen LogP) is 4.35. The van der Waals surface area contributed by atoms with Crippen molar-refractivity contribution in [1.82, 2.24) is 15.2 Å². The van der Waals surface area contributed by atoms with E-state index in [9.17, 15) is 32.3 Å². The van der Waals surface area contributed by atoms with E-state index in [0.717, 1.165) is 24.3 Å². The van der Waals surface area contributed by atoms with E-state index in [-0.39, 0.29) is 45.0 Å². The Labute approximate surface area is 243 Å². The van der Waals surface area contributed by atoms with Gasteiger partial charge >= 0.3 is 6.18 Å². The number of benzene rings is 2. The molecule has 2 unspecified atom stereocenters. The molecule has 2 heterocycles. The van der Waals surface area contributed by atoms with Crippen molar-refractivity contribution in [3.8, 4) is 28.5 Å². The molecule has 4 rings (SSSR count). The molecule has 0 aliphatic carbocycles. The maximum atomic E-state index is 14.3. The summed E-state index contributed by atoms with van der Waals surface area (Å²) in [6.45, 7) is -0.793. The predicted molar refractivity (Wildman–Crippen MR) is 143 cm³/mol. The number of likely N-dealkylation sites (tertiary alicyclic amines) is 1. The number of nitrogens with one attached hydrogen (secondary N) is 1. The fraction of sp³-hybridized carbons (Fsp3) is 0.321. The molecule has 2 amide bonds. The first-order valence-electron chi connectivity index (χ1n) is 12.5. The minimum Gasteiger partial charge on any atom is -0.494 e. The molecule has 2 N–H and O–H groups in total. The van der Waals surface area contributed by atoms with Crippen LogP contribution in [0.25, 0.3) is 11.3 Å². The molecule has 3 aromatic rings. The van der Waals surface area contributed by atoms with Crippen molar-refractivity contribution in [2.45, 2.75) is 24.3 Å². The van der Waals surface area contributed by atoms with E-state index in [4.69, 9.17) is 25.8 Å².